The van der Waals surface area contributed by atoms with E-state index in [2.05, 4.69) is 30.2 Å². The van der Waals surface area contributed by atoms with E-state index in [1.807, 2.05) is 5.38 Å². The molecule has 0 bridgehead atoms. The van der Waals surface area contributed by atoms with Crippen LogP contribution in [0.2, 0.25) is 0 Å². The second kappa shape index (κ2) is 7.00. The van der Waals surface area contributed by atoms with Gasteiger partial charge >= 0.3 is 0 Å². The number of aromatic nitrogens is 1. The van der Waals surface area contributed by atoms with Gasteiger partial charge in [0.1, 0.15) is 6.07 Å². The van der Waals surface area contributed by atoms with E-state index in [0.717, 1.165) is 10.7 Å². The first-order valence-electron chi connectivity index (χ1n) is 6.83. The number of carbonyl (C=O) groups is 1. The lowest BCUT2D eigenvalue weighted by atomic mass is 10.2. The highest BCUT2D eigenvalue weighted by atomic mass is 32.1. The fourth-order valence-corrected chi connectivity index (χ4v) is 2.79. The molecule has 0 spiro atoms. The van der Waals surface area contributed by atoms with E-state index in [9.17, 15) is 4.79 Å². The van der Waals surface area contributed by atoms with E-state index < -0.39 is 0 Å². The predicted octanol–water partition coefficient (Wildman–Crippen LogP) is 3.71. The van der Waals surface area contributed by atoms with Crippen LogP contribution in [0.4, 0.5) is 5.69 Å². The number of anilines is 1. The summed E-state index contributed by atoms with van der Waals surface area (Å²) in [5, 5.41) is 14.8. The minimum atomic E-state index is -0.0982. The van der Waals surface area contributed by atoms with Crippen molar-refractivity contribution in [2.24, 2.45) is 0 Å². The number of rotatable bonds is 5. The van der Waals surface area contributed by atoms with Crippen molar-refractivity contribution >= 4 is 22.9 Å². The number of thiazole rings is 1. The molecule has 0 aliphatic heterocycles. The number of nitriles is 1. The first-order chi connectivity index (χ1) is 10.1. The second-order valence-corrected chi connectivity index (χ2v) is 5.97. The van der Waals surface area contributed by atoms with Gasteiger partial charge in [-0.1, -0.05) is 26.0 Å². The SMILES string of the molecule is CC(C)c1csc(CCC(=O)Nc2ccccc2C#N)n1. The van der Waals surface area contributed by atoms with E-state index in [1.54, 1.807) is 35.6 Å². The normalized spacial score (nSPS) is 10.4. The third-order valence-electron chi connectivity index (χ3n) is 3.05. The molecule has 0 fully saturated rings. The van der Waals surface area contributed by atoms with Crippen LogP contribution in [0.3, 0.4) is 0 Å². The van der Waals surface area contributed by atoms with Crippen molar-refractivity contribution < 1.29 is 4.79 Å². The molecule has 2 rings (SSSR count). The molecule has 5 heteroatoms. The fraction of sp³-hybridized carbons (Fsp3) is 0.312. The molecule has 0 aliphatic rings. The van der Waals surface area contributed by atoms with Crippen LogP contribution in [0.25, 0.3) is 0 Å². The molecule has 0 saturated carbocycles. The maximum atomic E-state index is 12.0. The molecular formula is C16H17N3OS. The summed E-state index contributed by atoms with van der Waals surface area (Å²) in [7, 11) is 0. The molecular weight excluding hydrogens is 282 g/mol. The summed E-state index contributed by atoms with van der Waals surface area (Å²) in [6.07, 6.45) is 0.989. The number of carbonyl (C=O) groups excluding carboxylic acids is 1. The zero-order valence-electron chi connectivity index (χ0n) is 12.1. The van der Waals surface area contributed by atoms with Crippen LogP contribution in [-0.2, 0) is 11.2 Å². The quantitative estimate of drug-likeness (QED) is 0.915. The Balaban J connectivity index is 1.91. The van der Waals surface area contributed by atoms with Crippen molar-refractivity contribution in [1.29, 1.82) is 5.26 Å². The van der Waals surface area contributed by atoms with Crippen LogP contribution < -0.4 is 5.32 Å². The Hall–Kier alpha value is -2.19. The van der Waals surface area contributed by atoms with E-state index in [-0.39, 0.29) is 5.91 Å². The van der Waals surface area contributed by atoms with Crippen LogP contribution in [0.1, 0.15) is 42.5 Å². The summed E-state index contributed by atoms with van der Waals surface area (Å²) in [5.74, 6) is 0.310. The maximum absolute atomic E-state index is 12.0. The van der Waals surface area contributed by atoms with Crippen molar-refractivity contribution in [2.75, 3.05) is 5.32 Å². The number of nitrogens with zero attached hydrogens (tertiary/aromatic N) is 2. The van der Waals surface area contributed by atoms with Crippen molar-refractivity contribution in [3.05, 3.63) is 45.9 Å². The molecule has 1 aromatic heterocycles. The Morgan fingerprint density at radius 1 is 1.43 bits per heavy atom. The van der Waals surface area contributed by atoms with E-state index >= 15 is 0 Å². The number of para-hydroxylation sites is 1. The lowest BCUT2D eigenvalue weighted by molar-refractivity contribution is -0.116. The van der Waals surface area contributed by atoms with Crippen LogP contribution in [0.15, 0.2) is 29.6 Å². The first kappa shape index (κ1) is 15.2. The standard InChI is InChI=1S/C16H17N3OS/c1-11(2)14-10-21-16(19-14)8-7-15(20)18-13-6-4-3-5-12(13)9-17/h3-6,10-11H,7-8H2,1-2H3,(H,18,20). The predicted molar refractivity (Wildman–Crippen MR) is 84.3 cm³/mol. The minimum absolute atomic E-state index is 0.0982. The first-order valence-corrected chi connectivity index (χ1v) is 7.71. The van der Waals surface area contributed by atoms with Gasteiger partial charge in [-0.2, -0.15) is 5.26 Å². The Morgan fingerprint density at radius 3 is 2.86 bits per heavy atom. The van der Waals surface area contributed by atoms with Crippen molar-refractivity contribution in [3.8, 4) is 6.07 Å². The van der Waals surface area contributed by atoms with E-state index in [1.165, 1.54) is 0 Å². The van der Waals surface area contributed by atoms with Crippen molar-refractivity contribution in [2.45, 2.75) is 32.6 Å². The van der Waals surface area contributed by atoms with Gasteiger partial charge in [-0.15, -0.1) is 11.3 Å². The molecule has 1 aromatic carbocycles. The fourth-order valence-electron chi connectivity index (χ4n) is 1.83. The molecule has 2 aromatic rings. The van der Waals surface area contributed by atoms with Gasteiger partial charge in [-0.25, -0.2) is 4.98 Å². The van der Waals surface area contributed by atoms with Crippen LogP contribution in [0, 0.1) is 11.3 Å². The Morgan fingerprint density at radius 2 is 2.19 bits per heavy atom. The number of hydrogen-bond acceptors (Lipinski definition) is 4. The van der Waals surface area contributed by atoms with Crippen LogP contribution in [0.5, 0.6) is 0 Å². The molecule has 0 aliphatic carbocycles. The van der Waals surface area contributed by atoms with Gasteiger partial charge in [0, 0.05) is 18.2 Å². The molecule has 0 unspecified atom stereocenters. The monoisotopic (exact) mass is 299 g/mol. The Bertz CT molecular complexity index is 670. The average molecular weight is 299 g/mol. The lowest BCUT2D eigenvalue weighted by Gasteiger charge is -2.05. The molecule has 0 saturated heterocycles. The van der Waals surface area contributed by atoms with Crippen LogP contribution in [-0.4, -0.2) is 10.9 Å². The van der Waals surface area contributed by atoms with Gasteiger partial charge in [0.15, 0.2) is 0 Å². The smallest absolute Gasteiger partial charge is 0.224 e. The third kappa shape index (κ3) is 4.14. The van der Waals surface area contributed by atoms with Gasteiger partial charge < -0.3 is 5.32 Å². The molecule has 108 valence electrons. The average Bonchev–Trinajstić information content (AvgIpc) is 2.95. The maximum Gasteiger partial charge on any atom is 0.224 e. The number of amides is 1. The van der Waals surface area contributed by atoms with Crippen molar-refractivity contribution in [1.82, 2.24) is 4.98 Å². The molecule has 0 atom stereocenters. The zero-order valence-corrected chi connectivity index (χ0v) is 12.9. The molecule has 1 heterocycles. The topological polar surface area (TPSA) is 65.8 Å². The largest absolute Gasteiger partial charge is 0.325 e. The highest BCUT2D eigenvalue weighted by Gasteiger charge is 2.09. The number of hydrogen-bond donors (Lipinski definition) is 1. The summed E-state index contributed by atoms with van der Waals surface area (Å²) in [5.41, 5.74) is 2.11. The highest BCUT2D eigenvalue weighted by Crippen LogP contribution is 2.19. The molecule has 1 N–H and O–H groups in total. The van der Waals surface area contributed by atoms with Gasteiger partial charge in [-0.3, -0.25) is 4.79 Å². The van der Waals surface area contributed by atoms with Gasteiger partial charge in [-0.05, 0) is 18.1 Å². The lowest BCUT2D eigenvalue weighted by Crippen LogP contribution is -2.13. The van der Waals surface area contributed by atoms with Gasteiger partial charge in [0.25, 0.3) is 0 Å². The number of aryl methyl sites for hydroxylation is 1. The summed E-state index contributed by atoms with van der Waals surface area (Å²) in [6.45, 7) is 4.20. The summed E-state index contributed by atoms with van der Waals surface area (Å²) in [6, 6.07) is 9.06. The summed E-state index contributed by atoms with van der Waals surface area (Å²) < 4.78 is 0. The van der Waals surface area contributed by atoms with Crippen LogP contribution >= 0.6 is 11.3 Å². The highest BCUT2D eigenvalue weighted by molar-refractivity contribution is 7.09. The van der Waals surface area contributed by atoms with Gasteiger partial charge in [0.05, 0.1) is 22.0 Å². The molecule has 1 amide bonds. The second-order valence-electron chi connectivity index (χ2n) is 5.03. The third-order valence-corrected chi connectivity index (χ3v) is 3.98. The number of nitrogens with one attached hydrogen (secondary N) is 1. The molecule has 0 radical (unpaired) electrons. The summed E-state index contributed by atoms with van der Waals surface area (Å²) in [4.78, 5) is 16.5. The van der Waals surface area contributed by atoms with Gasteiger partial charge in [0.2, 0.25) is 5.91 Å². The Kier molecular flexibility index (Phi) is 5.07. The minimum Gasteiger partial charge on any atom is -0.325 e. The molecule has 21 heavy (non-hydrogen) atoms. The summed E-state index contributed by atoms with van der Waals surface area (Å²) >= 11 is 1.59. The van der Waals surface area contributed by atoms with E-state index in [4.69, 9.17) is 5.26 Å². The zero-order chi connectivity index (χ0) is 15.2. The van der Waals surface area contributed by atoms with Crippen molar-refractivity contribution in [3.63, 3.8) is 0 Å². The molecule has 4 nitrogen and oxygen atoms in total. The van der Waals surface area contributed by atoms with E-state index in [0.29, 0.717) is 30.0 Å². The number of benzene rings is 1. The Labute approximate surface area is 128 Å².